The fourth-order valence-electron chi connectivity index (χ4n) is 6.56. The lowest BCUT2D eigenvalue weighted by atomic mass is 9.78. The molecule has 3 heterocycles. The van der Waals surface area contributed by atoms with Gasteiger partial charge >= 0.3 is 0 Å². The maximum Gasteiger partial charge on any atom is 0.231 e. The van der Waals surface area contributed by atoms with E-state index < -0.39 is 0 Å². The minimum atomic E-state index is -0.137. The molecule has 4 nitrogen and oxygen atoms in total. The van der Waals surface area contributed by atoms with E-state index in [1.165, 1.54) is 33.0 Å². The summed E-state index contributed by atoms with van der Waals surface area (Å²) in [6.07, 6.45) is 1.87. The van der Waals surface area contributed by atoms with Crippen molar-refractivity contribution in [2.45, 2.75) is 25.3 Å². The van der Waals surface area contributed by atoms with Crippen molar-refractivity contribution in [3.63, 3.8) is 0 Å². The van der Waals surface area contributed by atoms with Gasteiger partial charge in [-0.2, -0.15) is 0 Å². The minimum absolute atomic E-state index is 0.0785. The van der Waals surface area contributed by atoms with Crippen LogP contribution < -0.4 is 0 Å². The molecule has 3 aliphatic rings. The molecule has 5 aromatic rings. The average Bonchev–Trinajstić information content (AvgIpc) is 3.60. The fraction of sp³-hybridized carbons (Fsp3) is 0.152. The first-order chi connectivity index (χ1) is 18.1. The fourth-order valence-corrected chi connectivity index (χ4v) is 6.56. The Labute approximate surface area is 215 Å². The number of benzene rings is 4. The topological polar surface area (TPSA) is 38.9 Å². The lowest BCUT2D eigenvalue weighted by molar-refractivity contribution is 0.270. The Morgan fingerprint density at radius 3 is 2.19 bits per heavy atom. The van der Waals surface area contributed by atoms with Gasteiger partial charge in [0, 0.05) is 27.3 Å². The number of hydrogen-bond donors (Lipinski definition) is 0. The maximum absolute atomic E-state index is 5.86. The third-order valence-corrected chi connectivity index (χ3v) is 8.20. The molecule has 4 aromatic carbocycles. The maximum atomic E-state index is 5.86. The molecule has 0 spiro atoms. The summed E-state index contributed by atoms with van der Waals surface area (Å²) in [5.74, 6) is 0.714. The summed E-state index contributed by atoms with van der Waals surface area (Å²) < 4.78 is 8.07. The molecule has 0 saturated carbocycles. The second-order valence-corrected chi connectivity index (χ2v) is 10.6. The Morgan fingerprint density at radius 2 is 1.41 bits per heavy atom. The van der Waals surface area contributed by atoms with Crippen molar-refractivity contribution in [2.24, 2.45) is 9.98 Å². The van der Waals surface area contributed by atoms with Crippen molar-refractivity contribution in [2.75, 3.05) is 6.61 Å². The molecule has 2 aliphatic heterocycles. The highest BCUT2D eigenvalue weighted by Gasteiger charge is 2.40. The average molecular weight is 480 g/mol. The van der Waals surface area contributed by atoms with Gasteiger partial charge in [-0.15, -0.1) is 0 Å². The van der Waals surface area contributed by atoms with Gasteiger partial charge in [0.1, 0.15) is 12.6 Å². The van der Waals surface area contributed by atoms with Gasteiger partial charge in [-0.3, -0.25) is 4.57 Å². The van der Waals surface area contributed by atoms with Crippen LogP contribution in [0.5, 0.6) is 0 Å². The molecule has 0 bridgehead atoms. The standard InChI is InChI=1S/C33H25N3O/c1-33(2)26-15-6-3-10-20(26)23-13-9-14-24(30(23)33)31-25-18-37-19-27(25)34-32(35-31)36-28-16-7-4-11-21(28)22-12-5-8-17-29(22)36/h3-18,27H,19H2,1-2H3. The van der Waals surface area contributed by atoms with Crippen LogP contribution in [0.15, 0.2) is 113 Å². The first kappa shape index (κ1) is 20.7. The predicted octanol–water partition coefficient (Wildman–Crippen LogP) is 7.09. The molecule has 0 N–H and O–H groups in total. The number of para-hydroxylation sites is 2. The molecule has 1 aromatic heterocycles. The molecule has 1 aliphatic carbocycles. The second-order valence-electron chi connectivity index (χ2n) is 10.6. The zero-order valence-corrected chi connectivity index (χ0v) is 20.8. The van der Waals surface area contributed by atoms with Crippen LogP contribution in [0, 0.1) is 0 Å². The number of rotatable bonds is 1. The number of hydrogen-bond acceptors (Lipinski definition) is 3. The molecule has 0 saturated heterocycles. The zero-order chi connectivity index (χ0) is 24.7. The molecular weight excluding hydrogens is 454 g/mol. The number of aliphatic imine (C=N–C) groups is 2. The molecule has 1 unspecified atom stereocenters. The van der Waals surface area contributed by atoms with E-state index in [0.717, 1.165) is 27.9 Å². The van der Waals surface area contributed by atoms with Crippen molar-refractivity contribution >= 4 is 33.5 Å². The number of aromatic nitrogens is 1. The van der Waals surface area contributed by atoms with E-state index in [1.807, 2.05) is 6.26 Å². The van der Waals surface area contributed by atoms with Crippen LogP contribution >= 0.6 is 0 Å². The summed E-state index contributed by atoms with van der Waals surface area (Å²) in [5, 5.41) is 2.41. The Kier molecular flexibility index (Phi) is 4.09. The summed E-state index contributed by atoms with van der Waals surface area (Å²) in [6, 6.07) is 32.3. The Morgan fingerprint density at radius 1 is 0.757 bits per heavy atom. The normalized spacial score (nSPS) is 19.1. The van der Waals surface area contributed by atoms with E-state index in [1.54, 1.807) is 0 Å². The molecule has 0 fully saturated rings. The van der Waals surface area contributed by atoms with Crippen molar-refractivity contribution in [3.8, 4) is 11.1 Å². The minimum Gasteiger partial charge on any atom is -0.498 e. The summed E-state index contributed by atoms with van der Waals surface area (Å²) in [4.78, 5) is 10.5. The summed E-state index contributed by atoms with van der Waals surface area (Å²) >= 11 is 0. The van der Waals surface area contributed by atoms with E-state index in [0.29, 0.717) is 12.6 Å². The predicted molar refractivity (Wildman–Crippen MR) is 151 cm³/mol. The summed E-state index contributed by atoms with van der Waals surface area (Å²) in [7, 11) is 0. The highest BCUT2D eigenvalue weighted by atomic mass is 16.5. The van der Waals surface area contributed by atoms with Crippen molar-refractivity contribution in [1.29, 1.82) is 0 Å². The van der Waals surface area contributed by atoms with Crippen LogP contribution in [-0.4, -0.2) is 28.9 Å². The van der Waals surface area contributed by atoms with Crippen molar-refractivity contribution in [3.05, 3.63) is 120 Å². The van der Waals surface area contributed by atoms with Crippen LogP contribution in [0.3, 0.4) is 0 Å². The number of fused-ring (bicyclic) bond motifs is 7. The Bertz CT molecular complexity index is 1810. The lowest BCUT2D eigenvalue weighted by Crippen LogP contribution is -2.29. The second kappa shape index (κ2) is 7.30. The first-order valence-electron chi connectivity index (χ1n) is 12.8. The van der Waals surface area contributed by atoms with Gasteiger partial charge in [-0.1, -0.05) is 92.7 Å². The van der Waals surface area contributed by atoms with Crippen molar-refractivity contribution in [1.82, 2.24) is 4.57 Å². The monoisotopic (exact) mass is 479 g/mol. The van der Waals surface area contributed by atoms with E-state index in [-0.39, 0.29) is 11.5 Å². The SMILES string of the molecule is CC1(C)c2ccccc2-c2cccc(C3=NC(n4c5ccccc5c5ccccc54)=NC4COC=C34)c21. The zero-order valence-electron chi connectivity index (χ0n) is 20.8. The van der Waals surface area contributed by atoms with Gasteiger partial charge in [0.2, 0.25) is 5.96 Å². The van der Waals surface area contributed by atoms with Gasteiger partial charge in [0.15, 0.2) is 0 Å². The highest BCUT2D eigenvalue weighted by Crippen LogP contribution is 2.50. The van der Waals surface area contributed by atoms with Gasteiger partial charge in [0.05, 0.1) is 23.0 Å². The summed E-state index contributed by atoms with van der Waals surface area (Å²) in [6.45, 7) is 5.18. The lowest BCUT2D eigenvalue weighted by Gasteiger charge is -2.27. The van der Waals surface area contributed by atoms with Crippen LogP contribution in [0.2, 0.25) is 0 Å². The van der Waals surface area contributed by atoms with Crippen LogP contribution in [-0.2, 0) is 10.2 Å². The third-order valence-electron chi connectivity index (χ3n) is 8.20. The highest BCUT2D eigenvalue weighted by molar-refractivity contribution is 6.23. The van der Waals surface area contributed by atoms with E-state index in [4.69, 9.17) is 14.7 Å². The number of ether oxygens (including phenoxy) is 1. The molecule has 37 heavy (non-hydrogen) atoms. The van der Waals surface area contributed by atoms with Gasteiger partial charge < -0.3 is 4.74 Å². The van der Waals surface area contributed by atoms with Crippen LogP contribution in [0.25, 0.3) is 32.9 Å². The summed E-state index contributed by atoms with van der Waals surface area (Å²) in [5.41, 5.74) is 10.6. The molecular formula is C33H25N3O. The molecule has 178 valence electrons. The van der Waals surface area contributed by atoms with Crippen LogP contribution in [0.4, 0.5) is 0 Å². The van der Waals surface area contributed by atoms with Gasteiger partial charge in [0.25, 0.3) is 0 Å². The third kappa shape index (κ3) is 2.73. The number of nitrogens with zero attached hydrogens (tertiary/aromatic N) is 3. The molecule has 1 atom stereocenters. The Hall–Kier alpha value is -4.44. The van der Waals surface area contributed by atoms with Crippen LogP contribution in [0.1, 0.15) is 30.5 Å². The van der Waals surface area contributed by atoms with E-state index in [2.05, 4.69) is 109 Å². The molecule has 0 amide bonds. The van der Waals surface area contributed by atoms with Crippen molar-refractivity contribution < 1.29 is 4.74 Å². The van der Waals surface area contributed by atoms with E-state index in [9.17, 15) is 0 Å². The molecule has 4 heteroatoms. The molecule has 0 radical (unpaired) electrons. The van der Waals surface area contributed by atoms with E-state index >= 15 is 0 Å². The first-order valence-corrected chi connectivity index (χ1v) is 12.8. The quantitative estimate of drug-likeness (QED) is 0.253. The molecule has 8 rings (SSSR count). The largest absolute Gasteiger partial charge is 0.498 e. The Balaban J connectivity index is 1.40. The smallest absolute Gasteiger partial charge is 0.231 e. The van der Waals surface area contributed by atoms with Gasteiger partial charge in [-0.25, -0.2) is 9.98 Å². The van der Waals surface area contributed by atoms with Gasteiger partial charge in [-0.05, 0) is 34.4 Å².